The van der Waals surface area contributed by atoms with Gasteiger partial charge in [0.25, 0.3) is 0 Å². The summed E-state index contributed by atoms with van der Waals surface area (Å²) in [6.45, 7) is 3.04. The van der Waals surface area contributed by atoms with Crippen molar-refractivity contribution >= 4 is 11.6 Å². The lowest BCUT2D eigenvalue weighted by Gasteiger charge is -2.21. The van der Waals surface area contributed by atoms with Crippen LogP contribution in [0.25, 0.3) is 0 Å². The van der Waals surface area contributed by atoms with Gasteiger partial charge in [0.05, 0.1) is 0 Å². The third-order valence-electron chi connectivity index (χ3n) is 2.86. The topological polar surface area (TPSA) is 9.23 Å². The molecular weight excluding hydrogens is 208 g/mol. The number of hydrogen-bond acceptors (Lipinski definition) is 1. The standard InChI is InChI=1S/C13H19ClO/c1-11(8-9-15-2)13(10-14)12-6-4-3-5-7-12/h3-7,11,13H,8-10H2,1-2H3. The van der Waals surface area contributed by atoms with Crippen molar-refractivity contribution in [1.82, 2.24) is 0 Å². The van der Waals surface area contributed by atoms with E-state index in [0.717, 1.165) is 13.0 Å². The highest BCUT2D eigenvalue weighted by Crippen LogP contribution is 2.27. The van der Waals surface area contributed by atoms with Crippen LogP contribution in [0.5, 0.6) is 0 Å². The first kappa shape index (κ1) is 12.5. The molecule has 2 atom stereocenters. The molecule has 15 heavy (non-hydrogen) atoms. The van der Waals surface area contributed by atoms with Crippen molar-refractivity contribution in [3.05, 3.63) is 35.9 Å². The Balaban J connectivity index is 2.63. The molecule has 0 spiro atoms. The number of alkyl halides is 1. The molecule has 0 bridgehead atoms. The lowest BCUT2D eigenvalue weighted by molar-refractivity contribution is 0.176. The van der Waals surface area contributed by atoms with Gasteiger partial charge < -0.3 is 4.74 Å². The molecule has 1 rings (SSSR count). The van der Waals surface area contributed by atoms with Gasteiger partial charge in [-0.15, -0.1) is 11.6 Å². The molecule has 2 heteroatoms. The number of benzene rings is 1. The second-order valence-corrected chi connectivity index (χ2v) is 4.24. The average Bonchev–Trinajstić information content (AvgIpc) is 2.29. The molecule has 0 saturated heterocycles. The van der Waals surface area contributed by atoms with Gasteiger partial charge in [0, 0.05) is 25.5 Å². The Kier molecular flexibility index (Phi) is 5.74. The first-order valence-corrected chi connectivity index (χ1v) is 5.93. The zero-order chi connectivity index (χ0) is 11.1. The Morgan fingerprint density at radius 3 is 2.47 bits per heavy atom. The third kappa shape index (κ3) is 3.84. The van der Waals surface area contributed by atoms with Crippen LogP contribution in [0.3, 0.4) is 0 Å². The predicted octanol–water partition coefficient (Wildman–Crippen LogP) is 3.68. The lowest BCUT2D eigenvalue weighted by Crippen LogP contribution is -2.13. The summed E-state index contributed by atoms with van der Waals surface area (Å²) in [5.41, 5.74) is 1.33. The van der Waals surface area contributed by atoms with Crippen molar-refractivity contribution in [2.45, 2.75) is 19.3 Å². The summed E-state index contributed by atoms with van der Waals surface area (Å²) in [7, 11) is 1.74. The normalized spacial score (nSPS) is 14.9. The molecule has 0 saturated carbocycles. The molecule has 0 heterocycles. The molecule has 0 aromatic heterocycles. The van der Waals surface area contributed by atoms with Crippen LogP contribution in [-0.4, -0.2) is 19.6 Å². The highest BCUT2D eigenvalue weighted by atomic mass is 35.5. The molecule has 0 aliphatic rings. The zero-order valence-corrected chi connectivity index (χ0v) is 10.2. The highest BCUT2D eigenvalue weighted by molar-refractivity contribution is 6.18. The summed E-state index contributed by atoms with van der Waals surface area (Å²) in [4.78, 5) is 0. The number of hydrogen-bond donors (Lipinski definition) is 0. The summed E-state index contributed by atoms with van der Waals surface area (Å²) in [5, 5.41) is 0. The first-order chi connectivity index (χ1) is 7.29. The Hall–Kier alpha value is -0.530. The second kappa shape index (κ2) is 6.86. The second-order valence-electron chi connectivity index (χ2n) is 3.93. The fourth-order valence-corrected chi connectivity index (χ4v) is 2.26. The van der Waals surface area contributed by atoms with Gasteiger partial charge in [0.1, 0.15) is 0 Å². The maximum atomic E-state index is 6.04. The van der Waals surface area contributed by atoms with Gasteiger partial charge in [-0.2, -0.15) is 0 Å². The first-order valence-electron chi connectivity index (χ1n) is 5.39. The molecule has 2 unspecified atom stereocenters. The molecular formula is C13H19ClO. The van der Waals surface area contributed by atoms with Crippen LogP contribution in [0, 0.1) is 5.92 Å². The van der Waals surface area contributed by atoms with Gasteiger partial charge in [0.2, 0.25) is 0 Å². The van der Waals surface area contributed by atoms with E-state index < -0.39 is 0 Å². The van der Waals surface area contributed by atoms with Crippen LogP contribution in [0.1, 0.15) is 24.8 Å². The van der Waals surface area contributed by atoms with Crippen molar-refractivity contribution < 1.29 is 4.74 Å². The van der Waals surface area contributed by atoms with Gasteiger partial charge >= 0.3 is 0 Å². The van der Waals surface area contributed by atoms with Crippen molar-refractivity contribution in [3.63, 3.8) is 0 Å². The predicted molar refractivity (Wildman–Crippen MR) is 65.6 cm³/mol. The van der Waals surface area contributed by atoms with Gasteiger partial charge in [-0.25, -0.2) is 0 Å². The van der Waals surface area contributed by atoms with E-state index in [4.69, 9.17) is 16.3 Å². The third-order valence-corrected chi connectivity index (χ3v) is 3.19. The molecule has 1 aromatic carbocycles. The van der Waals surface area contributed by atoms with E-state index in [1.165, 1.54) is 5.56 Å². The summed E-state index contributed by atoms with van der Waals surface area (Å²) < 4.78 is 5.10. The largest absolute Gasteiger partial charge is 0.385 e. The molecule has 0 radical (unpaired) electrons. The number of methoxy groups -OCH3 is 1. The Bertz CT molecular complexity index is 260. The van der Waals surface area contributed by atoms with Crippen LogP contribution in [-0.2, 0) is 4.74 Å². The Morgan fingerprint density at radius 1 is 1.27 bits per heavy atom. The molecule has 0 aliphatic carbocycles. The van der Waals surface area contributed by atoms with E-state index in [0.29, 0.717) is 17.7 Å². The average molecular weight is 227 g/mol. The monoisotopic (exact) mass is 226 g/mol. The van der Waals surface area contributed by atoms with Crippen molar-refractivity contribution in [2.75, 3.05) is 19.6 Å². The lowest BCUT2D eigenvalue weighted by atomic mass is 9.87. The van der Waals surface area contributed by atoms with Crippen LogP contribution in [0.15, 0.2) is 30.3 Å². The summed E-state index contributed by atoms with van der Waals surface area (Å²) in [6.07, 6.45) is 1.06. The van der Waals surface area contributed by atoms with Gasteiger partial charge in [-0.3, -0.25) is 0 Å². The maximum Gasteiger partial charge on any atom is 0.0465 e. The Labute approximate surface area is 97.4 Å². The van der Waals surface area contributed by atoms with Crippen LogP contribution in [0.2, 0.25) is 0 Å². The molecule has 0 N–H and O–H groups in total. The van der Waals surface area contributed by atoms with E-state index in [1.54, 1.807) is 7.11 Å². The van der Waals surface area contributed by atoms with Gasteiger partial charge in [-0.1, -0.05) is 37.3 Å². The molecule has 0 aliphatic heterocycles. The van der Waals surface area contributed by atoms with Gasteiger partial charge in [-0.05, 0) is 17.9 Å². The van der Waals surface area contributed by atoms with Crippen molar-refractivity contribution in [1.29, 1.82) is 0 Å². The van der Waals surface area contributed by atoms with Crippen molar-refractivity contribution in [2.24, 2.45) is 5.92 Å². The van der Waals surface area contributed by atoms with Crippen LogP contribution >= 0.6 is 11.6 Å². The number of halogens is 1. The minimum atomic E-state index is 0.433. The molecule has 1 nitrogen and oxygen atoms in total. The SMILES string of the molecule is COCCC(C)C(CCl)c1ccccc1. The van der Waals surface area contributed by atoms with Crippen LogP contribution in [0.4, 0.5) is 0 Å². The van der Waals surface area contributed by atoms with E-state index >= 15 is 0 Å². The Morgan fingerprint density at radius 2 is 1.93 bits per heavy atom. The molecule has 1 aromatic rings. The zero-order valence-electron chi connectivity index (χ0n) is 9.45. The summed E-state index contributed by atoms with van der Waals surface area (Å²) in [6, 6.07) is 10.5. The molecule has 0 amide bonds. The summed E-state index contributed by atoms with van der Waals surface area (Å²) >= 11 is 6.04. The van der Waals surface area contributed by atoms with Crippen molar-refractivity contribution in [3.8, 4) is 0 Å². The summed E-state index contributed by atoms with van der Waals surface area (Å²) in [5.74, 6) is 1.67. The fourth-order valence-electron chi connectivity index (χ4n) is 1.77. The number of rotatable bonds is 6. The molecule has 84 valence electrons. The number of ether oxygens (including phenoxy) is 1. The quantitative estimate of drug-likeness (QED) is 0.673. The van der Waals surface area contributed by atoms with Gasteiger partial charge in [0.15, 0.2) is 0 Å². The highest BCUT2D eigenvalue weighted by Gasteiger charge is 2.17. The van der Waals surface area contributed by atoms with E-state index in [-0.39, 0.29) is 0 Å². The molecule has 0 fully saturated rings. The fraction of sp³-hybridized carbons (Fsp3) is 0.538. The van der Waals surface area contributed by atoms with E-state index in [2.05, 4.69) is 31.2 Å². The van der Waals surface area contributed by atoms with E-state index in [1.807, 2.05) is 6.07 Å². The van der Waals surface area contributed by atoms with Crippen LogP contribution < -0.4 is 0 Å². The maximum absolute atomic E-state index is 6.04. The van der Waals surface area contributed by atoms with E-state index in [9.17, 15) is 0 Å². The minimum Gasteiger partial charge on any atom is -0.385 e. The smallest absolute Gasteiger partial charge is 0.0465 e. The minimum absolute atomic E-state index is 0.433.